The summed E-state index contributed by atoms with van der Waals surface area (Å²) >= 11 is 0. The Bertz CT molecular complexity index is 824. The second-order valence-electron chi connectivity index (χ2n) is 4.69. The van der Waals surface area contributed by atoms with Gasteiger partial charge in [0.1, 0.15) is 5.75 Å². The minimum atomic E-state index is -1.69. The number of anilines is 2. The lowest BCUT2D eigenvalue weighted by molar-refractivity contribution is -0.118. The number of halogens is 3. The van der Waals surface area contributed by atoms with Crippen LogP contribution in [0.5, 0.6) is 5.75 Å². The Hall–Kier alpha value is -3.03. The fourth-order valence-corrected chi connectivity index (χ4v) is 2.10. The Kier molecular flexibility index (Phi) is 3.65. The van der Waals surface area contributed by atoms with E-state index < -0.39 is 35.0 Å². The number of hydrogen-bond acceptors (Lipinski definition) is 3. The number of benzene rings is 2. The van der Waals surface area contributed by atoms with Crippen molar-refractivity contribution in [3.05, 3.63) is 53.3 Å². The number of carbonyl (C=O) groups is 2. The number of amides is 2. The molecule has 2 N–H and O–H groups in total. The summed E-state index contributed by atoms with van der Waals surface area (Å²) in [5, 5.41) is 4.61. The van der Waals surface area contributed by atoms with Gasteiger partial charge in [-0.2, -0.15) is 0 Å². The van der Waals surface area contributed by atoms with Crippen LogP contribution in [-0.4, -0.2) is 18.4 Å². The van der Waals surface area contributed by atoms with Gasteiger partial charge in [0.2, 0.25) is 0 Å². The number of rotatable bonds is 2. The van der Waals surface area contributed by atoms with Crippen LogP contribution in [0.3, 0.4) is 0 Å². The minimum absolute atomic E-state index is 0.000293. The van der Waals surface area contributed by atoms with Crippen LogP contribution >= 0.6 is 0 Å². The highest BCUT2D eigenvalue weighted by molar-refractivity contribution is 6.12. The van der Waals surface area contributed by atoms with Gasteiger partial charge in [-0.05, 0) is 24.3 Å². The lowest BCUT2D eigenvalue weighted by Gasteiger charge is -2.20. The fourth-order valence-electron chi connectivity index (χ4n) is 2.10. The average Bonchev–Trinajstić information content (AvgIpc) is 2.54. The van der Waals surface area contributed by atoms with E-state index in [0.29, 0.717) is 6.07 Å². The van der Waals surface area contributed by atoms with Crippen molar-refractivity contribution >= 4 is 23.2 Å². The summed E-state index contributed by atoms with van der Waals surface area (Å²) < 4.78 is 44.9. The molecule has 0 radical (unpaired) electrons. The van der Waals surface area contributed by atoms with Crippen LogP contribution in [0.15, 0.2) is 30.3 Å². The minimum Gasteiger partial charge on any atom is -0.482 e. The van der Waals surface area contributed by atoms with Gasteiger partial charge in [0.25, 0.3) is 11.8 Å². The Morgan fingerprint density at radius 3 is 2.70 bits per heavy atom. The van der Waals surface area contributed by atoms with Crippen molar-refractivity contribution in [3.8, 4) is 5.75 Å². The first-order valence-corrected chi connectivity index (χ1v) is 6.48. The third-order valence-corrected chi connectivity index (χ3v) is 3.18. The van der Waals surface area contributed by atoms with E-state index in [9.17, 15) is 22.8 Å². The van der Waals surface area contributed by atoms with Crippen molar-refractivity contribution in [1.29, 1.82) is 0 Å². The second-order valence-corrected chi connectivity index (χ2v) is 4.69. The van der Waals surface area contributed by atoms with Gasteiger partial charge >= 0.3 is 0 Å². The molecule has 3 rings (SSSR count). The van der Waals surface area contributed by atoms with Crippen LogP contribution in [0.25, 0.3) is 0 Å². The molecule has 2 aromatic rings. The van der Waals surface area contributed by atoms with Crippen LogP contribution < -0.4 is 15.4 Å². The first kappa shape index (κ1) is 14.9. The van der Waals surface area contributed by atoms with E-state index in [0.717, 1.165) is 6.07 Å². The summed E-state index contributed by atoms with van der Waals surface area (Å²) in [4.78, 5) is 23.6. The molecule has 2 aromatic carbocycles. The van der Waals surface area contributed by atoms with Gasteiger partial charge in [0.15, 0.2) is 24.1 Å². The largest absolute Gasteiger partial charge is 0.482 e. The highest BCUT2D eigenvalue weighted by Gasteiger charge is 2.23. The van der Waals surface area contributed by atoms with E-state index in [-0.39, 0.29) is 23.6 Å². The van der Waals surface area contributed by atoms with E-state index in [1.807, 2.05) is 0 Å². The quantitative estimate of drug-likeness (QED) is 0.836. The molecule has 1 aliphatic rings. The third kappa shape index (κ3) is 2.70. The number of fused-ring (bicyclic) bond motifs is 1. The van der Waals surface area contributed by atoms with Crippen molar-refractivity contribution in [3.63, 3.8) is 0 Å². The first-order chi connectivity index (χ1) is 11.0. The van der Waals surface area contributed by atoms with E-state index in [1.165, 1.54) is 12.1 Å². The molecule has 23 heavy (non-hydrogen) atoms. The van der Waals surface area contributed by atoms with Crippen molar-refractivity contribution in [2.24, 2.45) is 0 Å². The molecule has 0 aromatic heterocycles. The van der Waals surface area contributed by atoms with Crippen LogP contribution in [-0.2, 0) is 4.79 Å². The van der Waals surface area contributed by atoms with Crippen molar-refractivity contribution in [2.45, 2.75) is 0 Å². The van der Waals surface area contributed by atoms with Gasteiger partial charge in [0.05, 0.1) is 16.9 Å². The maximum atomic E-state index is 13.6. The smallest absolute Gasteiger partial charge is 0.262 e. The summed E-state index contributed by atoms with van der Waals surface area (Å²) in [6, 6.07) is 6.02. The SMILES string of the molecule is O=C1COc2cccc(C(=O)Nc3ccc(F)c(F)c3F)c2N1. The topological polar surface area (TPSA) is 67.4 Å². The zero-order valence-electron chi connectivity index (χ0n) is 11.5. The number of nitrogens with one attached hydrogen (secondary N) is 2. The molecule has 0 saturated heterocycles. The molecule has 0 fully saturated rings. The van der Waals surface area contributed by atoms with Crippen LogP contribution in [0.2, 0.25) is 0 Å². The molecule has 0 unspecified atom stereocenters. The summed E-state index contributed by atoms with van der Waals surface area (Å²) in [6.45, 7) is -0.185. The Morgan fingerprint density at radius 1 is 1.13 bits per heavy atom. The Balaban J connectivity index is 1.93. The molecule has 0 atom stereocenters. The Morgan fingerprint density at radius 2 is 1.91 bits per heavy atom. The molecule has 5 nitrogen and oxygen atoms in total. The zero-order chi connectivity index (χ0) is 16.6. The molecule has 2 amide bonds. The Labute approximate surface area is 128 Å². The van der Waals surface area contributed by atoms with Gasteiger partial charge < -0.3 is 15.4 Å². The molecule has 8 heteroatoms. The van der Waals surface area contributed by atoms with Crippen molar-refractivity contribution < 1.29 is 27.5 Å². The average molecular weight is 322 g/mol. The summed E-state index contributed by atoms with van der Waals surface area (Å²) in [5.41, 5.74) is -0.390. The van der Waals surface area contributed by atoms with Gasteiger partial charge in [-0.1, -0.05) is 6.07 Å². The van der Waals surface area contributed by atoms with E-state index in [4.69, 9.17) is 4.74 Å². The molecular weight excluding hydrogens is 313 g/mol. The summed E-state index contributed by atoms with van der Waals surface area (Å²) in [5.74, 6) is -5.53. The molecule has 118 valence electrons. The molecule has 1 aliphatic heterocycles. The molecular formula is C15H9F3N2O3. The van der Waals surface area contributed by atoms with Crippen LogP contribution in [0, 0.1) is 17.5 Å². The van der Waals surface area contributed by atoms with Crippen LogP contribution in [0.1, 0.15) is 10.4 Å². The molecule has 0 spiro atoms. The van der Waals surface area contributed by atoms with E-state index in [2.05, 4.69) is 10.6 Å². The zero-order valence-corrected chi connectivity index (χ0v) is 11.5. The second kappa shape index (κ2) is 5.64. The fraction of sp³-hybridized carbons (Fsp3) is 0.0667. The van der Waals surface area contributed by atoms with Gasteiger partial charge in [-0.3, -0.25) is 9.59 Å². The monoisotopic (exact) mass is 322 g/mol. The van der Waals surface area contributed by atoms with Gasteiger partial charge in [0, 0.05) is 0 Å². The number of ether oxygens (including phenoxy) is 1. The lowest BCUT2D eigenvalue weighted by Crippen LogP contribution is -2.27. The number of para-hydroxylation sites is 1. The normalized spacial score (nSPS) is 12.9. The predicted octanol–water partition coefficient (Wildman–Crippen LogP) is 2.69. The number of carbonyl (C=O) groups excluding carboxylic acids is 2. The highest BCUT2D eigenvalue weighted by atomic mass is 19.2. The third-order valence-electron chi connectivity index (χ3n) is 3.18. The maximum Gasteiger partial charge on any atom is 0.262 e. The summed E-state index contributed by atoms with van der Waals surface area (Å²) in [7, 11) is 0. The summed E-state index contributed by atoms with van der Waals surface area (Å²) in [6.07, 6.45) is 0. The molecule has 0 aliphatic carbocycles. The predicted molar refractivity (Wildman–Crippen MR) is 74.8 cm³/mol. The standard InChI is InChI=1S/C15H9F3N2O3/c16-8-4-5-9(13(18)12(8)17)19-15(22)7-2-1-3-10-14(7)20-11(21)6-23-10/h1-5H,6H2,(H,19,22)(H,20,21). The first-order valence-electron chi connectivity index (χ1n) is 6.48. The maximum absolute atomic E-state index is 13.6. The van der Waals surface area contributed by atoms with E-state index >= 15 is 0 Å². The van der Waals surface area contributed by atoms with Gasteiger partial charge in [-0.15, -0.1) is 0 Å². The molecule has 0 saturated carbocycles. The highest BCUT2D eigenvalue weighted by Crippen LogP contribution is 2.32. The van der Waals surface area contributed by atoms with Crippen molar-refractivity contribution in [2.75, 3.05) is 17.2 Å². The van der Waals surface area contributed by atoms with Crippen LogP contribution in [0.4, 0.5) is 24.5 Å². The van der Waals surface area contributed by atoms with E-state index in [1.54, 1.807) is 6.07 Å². The molecule has 0 bridgehead atoms. The van der Waals surface area contributed by atoms with Crippen molar-refractivity contribution in [1.82, 2.24) is 0 Å². The van der Waals surface area contributed by atoms with Gasteiger partial charge in [-0.25, -0.2) is 13.2 Å². The molecule has 1 heterocycles. The lowest BCUT2D eigenvalue weighted by atomic mass is 10.1. The number of hydrogen-bond donors (Lipinski definition) is 2.